The molecule has 0 fully saturated rings. The number of nitrogens with one attached hydrogen (secondary N) is 1. The molecule has 1 aromatic carbocycles. The summed E-state index contributed by atoms with van der Waals surface area (Å²) in [5.41, 5.74) is 0.552. The molecule has 0 saturated carbocycles. The summed E-state index contributed by atoms with van der Waals surface area (Å²) < 4.78 is 6.81. The Morgan fingerprint density at radius 2 is 2.35 bits per heavy atom. The molecule has 20 heavy (non-hydrogen) atoms. The van der Waals surface area contributed by atoms with Crippen LogP contribution in [-0.2, 0) is 4.79 Å². The molecule has 0 saturated heterocycles. The van der Waals surface area contributed by atoms with E-state index in [1.165, 1.54) is 13.4 Å². The molecule has 106 valence electrons. The summed E-state index contributed by atoms with van der Waals surface area (Å²) in [6.07, 6.45) is 3.30. The molecule has 1 aromatic heterocycles. The lowest BCUT2D eigenvalue weighted by Gasteiger charge is -2.13. The van der Waals surface area contributed by atoms with Gasteiger partial charge in [0.1, 0.15) is 18.4 Å². The molecule has 2 rings (SSSR count). The fourth-order valence-electron chi connectivity index (χ4n) is 1.79. The van der Waals surface area contributed by atoms with Crippen molar-refractivity contribution in [2.45, 2.75) is 19.4 Å². The summed E-state index contributed by atoms with van der Waals surface area (Å²) in [5, 5.41) is 7.32. The smallest absolute Gasteiger partial charge is 0.226 e. The lowest BCUT2D eigenvalue weighted by molar-refractivity contribution is -0.116. The molecule has 0 aliphatic heterocycles. The number of methoxy groups -OCH3 is 1. The number of ether oxygens (including phenoxy) is 1. The molecule has 2 aromatic rings. The maximum atomic E-state index is 12.0. The molecule has 1 heterocycles. The van der Waals surface area contributed by atoms with Gasteiger partial charge in [0, 0.05) is 11.4 Å². The van der Waals surface area contributed by atoms with Crippen LogP contribution in [0.15, 0.2) is 30.9 Å². The van der Waals surface area contributed by atoms with E-state index in [0.717, 1.165) is 0 Å². The lowest BCUT2D eigenvalue weighted by Crippen LogP contribution is -2.18. The van der Waals surface area contributed by atoms with Crippen molar-refractivity contribution in [1.29, 1.82) is 0 Å². The Labute approximate surface area is 121 Å². The van der Waals surface area contributed by atoms with Gasteiger partial charge in [-0.25, -0.2) is 9.67 Å². The van der Waals surface area contributed by atoms with Gasteiger partial charge in [-0.2, -0.15) is 5.10 Å². The van der Waals surface area contributed by atoms with Gasteiger partial charge < -0.3 is 10.1 Å². The number of anilines is 1. The molecular weight excluding hydrogens is 280 g/mol. The Bertz CT molecular complexity index is 586. The number of nitrogens with zero attached hydrogens (tertiary/aromatic N) is 3. The summed E-state index contributed by atoms with van der Waals surface area (Å²) in [5.74, 6) is 0.421. The first-order chi connectivity index (χ1) is 9.60. The minimum absolute atomic E-state index is 0.0809. The van der Waals surface area contributed by atoms with Crippen LogP contribution < -0.4 is 10.1 Å². The van der Waals surface area contributed by atoms with Gasteiger partial charge in [0.2, 0.25) is 5.91 Å². The highest BCUT2D eigenvalue weighted by molar-refractivity contribution is 6.31. The highest BCUT2D eigenvalue weighted by atomic mass is 35.5. The van der Waals surface area contributed by atoms with E-state index in [9.17, 15) is 4.79 Å². The van der Waals surface area contributed by atoms with E-state index in [0.29, 0.717) is 16.5 Å². The van der Waals surface area contributed by atoms with Gasteiger partial charge in [0.25, 0.3) is 0 Å². The lowest BCUT2D eigenvalue weighted by atomic mass is 10.2. The minimum atomic E-state index is -0.145. The van der Waals surface area contributed by atoms with Gasteiger partial charge in [-0.05, 0) is 25.1 Å². The Balaban J connectivity index is 2.03. The number of amides is 1. The summed E-state index contributed by atoms with van der Waals surface area (Å²) >= 11 is 5.91. The third-order valence-electron chi connectivity index (χ3n) is 2.80. The molecule has 1 amide bonds. The molecule has 0 aliphatic rings. The number of halogens is 1. The highest BCUT2D eigenvalue weighted by Crippen LogP contribution is 2.28. The zero-order valence-electron chi connectivity index (χ0n) is 11.2. The second-order valence-electron chi connectivity index (χ2n) is 4.32. The summed E-state index contributed by atoms with van der Waals surface area (Å²) in [4.78, 5) is 15.9. The van der Waals surface area contributed by atoms with Crippen LogP contribution in [0.3, 0.4) is 0 Å². The minimum Gasteiger partial charge on any atom is -0.495 e. The van der Waals surface area contributed by atoms with Gasteiger partial charge in [-0.15, -0.1) is 0 Å². The topological polar surface area (TPSA) is 69.0 Å². The van der Waals surface area contributed by atoms with Crippen LogP contribution in [0, 0.1) is 0 Å². The number of rotatable bonds is 5. The third kappa shape index (κ3) is 3.48. The first-order valence-electron chi connectivity index (χ1n) is 6.07. The summed E-state index contributed by atoms with van der Waals surface area (Å²) in [7, 11) is 1.54. The second-order valence-corrected chi connectivity index (χ2v) is 4.76. The van der Waals surface area contributed by atoms with Crippen LogP contribution in [0.2, 0.25) is 5.02 Å². The molecule has 7 heteroatoms. The first-order valence-corrected chi connectivity index (χ1v) is 6.45. The molecule has 0 radical (unpaired) electrons. The number of hydrogen-bond donors (Lipinski definition) is 1. The Morgan fingerprint density at radius 3 is 3.00 bits per heavy atom. The van der Waals surface area contributed by atoms with E-state index in [1.807, 2.05) is 6.92 Å². The van der Waals surface area contributed by atoms with Gasteiger partial charge in [0.05, 0.1) is 18.8 Å². The van der Waals surface area contributed by atoms with E-state index in [-0.39, 0.29) is 18.4 Å². The molecule has 6 nitrogen and oxygen atoms in total. The molecule has 1 N–H and O–H groups in total. The largest absolute Gasteiger partial charge is 0.495 e. The van der Waals surface area contributed by atoms with E-state index in [1.54, 1.807) is 29.2 Å². The molecule has 0 aliphatic carbocycles. The average Bonchev–Trinajstić information content (AvgIpc) is 2.92. The maximum Gasteiger partial charge on any atom is 0.226 e. The maximum absolute atomic E-state index is 12.0. The van der Waals surface area contributed by atoms with Crippen molar-refractivity contribution in [3.8, 4) is 5.75 Å². The van der Waals surface area contributed by atoms with Crippen molar-refractivity contribution in [2.75, 3.05) is 12.4 Å². The van der Waals surface area contributed by atoms with Gasteiger partial charge >= 0.3 is 0 Å². The fourth-order valence-corrected chi connectivity index (χ4v) is 1.96. The van der Waals surface area contributed by atoms with Crippen molar-refractivity contribution in [2.24, 2.45) is 0 Å². The summed E-state index contributed by atoms with van der Waals surface area (Å²) in [6, 6.07) is 4.98. The van der Waals surface area contributed by atoms with Crippen LogP contribution in [0.25, 0.3) is 0 Å². The third-order valence-corrected chi connectivity index (χ3v) is 3.04. The van der Waals surface area contributed by atoms with Crippen molar-refractivity contribution >= 4 is 23.2 Å². The quantitative estimate of drug-likeness (QED) is 0.920. The van der Waals surface area contributed by atoms with E-state index < -0.39 is 0 Å². The number of aromatic nitrogens is 3. The van der Waals surface area contributed by atoms with Crippen molar-refractivity contribution in [1.82, 2.24) is 14.8 Å². The van der Waals surface area contributed by atoms with Crippen LogP contribution in [0.4, 0.5) is 5.69 Å². The molecule has 0 spiro atoms. The van der Waals surface area contributed by atoms with Crippen LogP contribution in [0.1, 0.15) is 19.4 Å². The highest BCUT2D eigenvalue weighted by Gasteiger charge is 2.13. The predicted molar refractivity (Wildman–Crippen MR) is 76.0 cm³/mol. The Morgan fingerprint density at radius 1 is 1.55 bits per heavy atom. The van der Waals surface area contributed by atoms with Gasteiger partial charge in [0.15, 0.2) is 0 Å². The molecule has 0 bridgehead atoms. The van der Waals surface area contributed by atoms with E-state index in [2.05, 4.69) is 15.4 Å². The monoisotopic (exact) mass is 294 g/mol. The fraction of sp³-hybridized carbons (Fsp3) is 0.308. The molecular formula is C13H15ClN4O2. The van der Waals surface area contributed by atoms with E-state index in [4.69, 9.17) is 16.3 Å². The molecule has 0 unspecified atom stereocenters. The first kappa shape index (κ1) is 14.3. The molecule has 1 atom stereocenters. The van der Waals surface area contributed by atoms with Crippen molar-refractivity contribution in [3.63, 3.8) is 0 Å². The van der Waals surface area contributed by atoms with Crippen LogP contribution >= 0.6 is 11.6 Å². The average molecular weight is 295 g/mol. The predicted octanol–water partition coefficient (Wildman–Crippen LogP) is 2.53. The van der Waals surface area contributed by atoms with Gasteiger partial charge in [-0.3, -0.25) is 4.79 Å². The van der Waals surface area contributed by atoms with Crippen molar-refractivity contribution < 1.29 is 9.53 Å². The number of carbonyl (C=O) groups excluding carboxylic acids is 1. The van der Waals surface area contributed by atoms with Crippen LogP contribution in [-0.4, -0.2) is 27.8 Å². The Kier molecular flexibility index (Phi) is 4.57. The normalized spacial score (nSPS) is 11.9. The van der Waals surface area contributed by atoms with Gasteiger partial charge in [-0.1, -0.05) is 11.6 Å². The second kappa shape index (κ2) is 6.38. The summed E-state index contributed by atoms with van der Waals surface area (Å²) in [6.45, 7) is 1.89. The SMILES string of the molecule is COc1ccc(Cl)cc1NC(=O)C[C@@H](C)n1cncn1. The zero-order chi connectivity index (χ0) is 14.5. The van der Waals surface area contributed by atoms with E-state index >= 15 is 0 Å². The number of hydrogen-bond acceptors (Lipinski definition) is 4. The zero-order valence-corrected chi connectivity index (χ0v) is 12.0. The van der Waals surface area contributed by atoms with Crippen molar-refractivity contribution in [3.05, 3.63) is 35.9 Å². The number of carbonyl (C=O) groups is 1. The standard InChI is InChI=1S/C13H15ClN4O2/c1-9(18-8-15-7-16-18)5-13(19)17-11-6-10(14)3-4-12(11)20-2/h3-4,6-9H,5H2,1-2H3,(H,17,19)/t9-/m1/s1. The van der Waals surface area contributed by atoms with Crippen LogP contribution in [0.5, 0.6) is 5.75 Å². The Hall–Kier alpha value is -2.08. The number of benzene rings is 1.